The predicted octanol–water partition coefficient (Wildman–Crippen LogP) is -3.22. The Morgan fingerprint density at radius 1 is 1.67 bits per heavy atom. The Hall–Kier alpha value is 1.73. The molecule has 0 heterocycles. The van der Waals surface area contributed by atoms with E-state index in [1.54, 1.807) is 0 Å². The fraction of sp³-hybridized carbons (Fsp3) is 0. The molecule has 0 aromatic carbocycles. The van der Waals surface area contributed by atoms with E-state index >= 15 is 0 Å². The quantitative estimate of drug-likeness (QED) is 0.241. The van der Waals surface area contributed by atoms with Gasteiger partial charge in [-0.25, -0.2) is 0 Å². The predicted molar refractivity (Wildman–Crippen MR) is 24.2 cm³/mol. The molecule has 0 atom stereocenters. The van der Waals surface area contributed by atoms with Gasteiger partial charge in [-0.15, -0.1) is 0 Å². The van der Waals surface area contributed by atoms with Crippen LogP contribution in [0.1, 0.15) is 0 Å². The Labute approximate surface area is 82.9 Å². The molecule has 24 valence electrons. The van der Waals surface area contributed by atoms with Crippen LogP contribution in [0.4, 0.5) is 0 Å². The van der Waals surface area contributed by atoms with Crippen LogP contribution >= 0.6 is 12.2 Å². The van der Waals surface area contributed by atoms with Gasteiger partial charge in [-0.1, -0.05) is 4.32 Å². The number of nitrogens with two attached hydrogens (primary N) is 1. The maximum absolute atomic E-state index is 4.66. The zero-order valence-corrected chi connectivity index (χ0v) is 10.2. The third kappa shape index (κ3) is 42.8. The first-order valence-corrected chi connectivity index (χ1v) is 1.51. The van der Waals surface area contributed by atoms with Gasteiger partial charge in [-0.05, 0) is 0 Å². The molecule has 0 aliphatic carbocycles. The van der Waals surface area contributed by atoms with Crippen molar-refractivity contribution in [3.8, 4) is 0 Å². The Morgan fingerprint density at radius 2 is 1.67 bits per heavy atom. The molecular weight excluding hydrogens is 179 g/mol. The first kappa shape index (κ1) is 15.6. The van der Waals surface area contributed by atoms with Crippen LogP contribution < -0.4 is 35.3 Å². The SMILES string of the molecule is NC(=S)[S-].[Na+].[Zn+2]. The molecule has 2 N–H and O–H groups in total. The van der Waals surface area contributed by atoms with Gasteiger partial charge in [0.15, 0.2) is 0 Å². The second-order valence-corrected chi connectivity index (χ2v) is 1.46. The molecule has 0 saturated carbocycles. The fourth-order valence-corrected chi connectivity index (χ4v) is 0. The summed E-state index contributed by atoms with van der Waals surface area (Å²) < 4.78 is 0.0833. The van der Waals surface area contributed by atoms with Gasteiger partial charge >= 0.3 is 49.0 Å². The molecule has 0 radical (unpaired) electrons. The molecule has 0 aromatic heterocycles. The maximum atomic E-state index is 4.66. The second-order valence-electron chi connectivity index (χ2n) is 0.319. The molecule has 0 bridgehead atoms. The molecule has 0 fully saturated rings. The van der Waals surface area contributed by atoms with Crippen molar-refractivity contribution in [2.45, 2.75) is 0 Å². The van der Waals surface area contributed by atoms with Crippen molar-refractivity contribution >= 4 is 29.2 Å². The summed E-state index contributed by atoms with van der Waals surface area (Å²) in [5, 5.41) is 0. The third-order valence-corrected chi connectivity index (χ3v) is 0. The molecule has 0 aliphatic heterocycles. The van der Waals surface area contributed by atoms with E-state index in [4.69, 9.17) is 0 Å². The second kappa shape index (κ2) is 9.88. The first-order chi connectivity index (χ1) is 1.73. The Bertz CT molecular complexity index is 36.5. The van der Waals surface area contributed by atoms with Crippen LogP contribution in [-0.4, -0.2) is 4.32 Å². The molecule has 0 unspecified atom stereocenters. The number of rotatable bonds is 0. The van der Waals surface area contributed by atoms with Crippen molar-refractivity contribution in [3.05, 3.63) is 0 Å². The molecule has 0 aliphatic rings. The minimum Gasteiger partial charge on any atom is -0.415 e. The van der Waals surface area contributed by atoms with E-state index in [9.17, 15) is 0 Å². The molecule has 0 amide bonds. The first-order valence-electron chi connectivity index (χ1n) is 0.697. The van der Waals surface area contributed by atoms with E-state index in [0.717, 1.165) is 0 Å². The van der Waals surface area contributed by atoms with Gasteiger partial charge in [0, 0.05) is 0 Å². The van der Waals surface area contributed by atoms with Gasteiger partial charge in [-0.3, -0.25) is 0 Å². The van der Waals surface area contributed by atoms with E-state index in [1.807, 2.05) is 0 Å². The van der Waals surface area contributed by atoms with E-state index < -0.39 is 0 Å². The van der Waals surface area contributed by atoms with Crippen molar-refractivity contribution in [1.82, 2.24) is 0 Å². The molecular formula is CH2NNaS2Zn+2. The van der Waals surface area contributed by atoms with Crippen LogP contribution in [0.3, 0.4) is 0 Å². The Balaban J connectivity index is -0.0000000450. The smallest absolute Gasteiger partial charge is 0.415 e. The summed E-state index contributed by atoms with van der Waals surface area (Å²) in [5.41, 5.74) is 4.66. The zero-order valence-electron chi connectivity index (χ0n) is 3.60. The van der Waals surface area contributed by atoms with Crippen LogP contribution in [0, 0.1) is 0 Å². The standard InChI is InChI=1S/CH3NS2.Na.Zn/c2-1(3)4;;/h(H3,2,3,4);;/q;+1;+2/p-1. The minimum absolute atomic E-state index is 0. The summed E-state index contributed by atoms with van der Waals surface area (Å²) in [6, 6.07) is 0. The Morgan fingerprint density at radius 3 is 1.67 bits per heavy atom. The van der Waals surface area contributed by atoms with Crippen LogP contribution in [0.5, 0.6) is 0 Å². The fourth-order valence-electron chi connectivity index (χ4n) is 0. The molecule has 1 nitrogen and oxygen atoms in total. The van der Waals surface area contributed by atoms with Gasteiger partial charge in [0.2, 0.25) is 0 Å². The van der Waals surface area contributed by atoms with Crippen LogP contribution in [0.25, 0.3) is 0 Å². The molecule has 6 heavy (non-hydrogen) atoms. The monoisotopic (exact) mass is 179 g/mol. The summed E-state index contributed by atoms with van der Waals surface area (Å²) in [4.78, 5) is 0. The number of thiocarbonyl (C=S) groups is 1. The minimum atomic E-state index is 0. The van der Waals surface area contributed by atoms with E-state index in [0.29, 0.717) is 0 Å². The topological polar surface area (TPSA) is 26.0 Å². The summed E-state index contributed by atoms with van der Waals surface area (Å²) in [6.07, 6.45) is 0. The number of hydrogen-bond acceptors (Lipinski definition) is 2. The average molecular weight is 181 g/mol. The molecule has 5 heteroatoms. The molecule has 0 rings (SSSR count). The molecule has 0 saturated heterocycles. The molecule has 0 spiro atoms. The molecule has 0 aromatic rings. The van der Waals surface area contributed by atoms with Crippen molar-refractivity contribution in [2.75, 3.05) is 0 Å². The average Bonchev–Trinajstić information content (AvgIpc) is 0.811. The van der Waals surface area contributed by atoms with Crippen molar-refractivity contribution in [2.24, 2.45) is 5.73 Å². The largest absolute Gasteiger partial charge is 2.00 e. The zero-order chi connectivity index (χ0) is 3.58. The van der Waals surface area contributed by atoms with Crippen LogP contribution in [0.2, 0.25) is 0 Å². The van der Waals surface area contributed by atoms with Gasteiger partial charge in [0.05, 0.1) is 0 Å². The van der Waals surface area contributed by atoms with Crippen LogP contribution in [0.15, 0.2) is 0 Å². The maximum Gasteiger partial charge on any atom is 2.00 e. The Kier molecular flexibility index (Phi) is 25.8. The van der Waals surface area contributed by atoms with E-state index in [1.165, 1.54) is 0 Å². The van der Waals surface area contributed by atoms with Gasteiger partial charge in [0.1, 0.15) is 0 Å². The summed E-state index contributed by atoms with van der Waals surface area (Å²) in [5.74, 6) is 0. The van der Waals surface area contributed by atoms with Crippen molar-refractivity contribution in [3.63, 3.8) is 0 Å². The number of hydrogen-bond donors (Lipinski definition) is 1. The van der Waals surface area contributed by atoms with Crippen molar-refractivity contribution in [1.29, 1.82) is 0 Å². The van der Waals surface area contributed by atoms with Crippen LogP contribution in [-0.2, 0) is 32.1 Å². The summed E-state index contributed by atoms with van der Waals surface area (Å²) in [7, 11) is 0. The normalized spacial score (nSPS) is 4.00. The van der Waals surface area contributed by atoms with Crippen molar-refractivity contribution < 1.29 is 49.0 Å². The van der Waals surface area contributed by atoms with Gasteiger partial charge in [0.25, 0.3) is 0 Å². The summed E-state index contributed by atoms with van der Waals surface area (Å²) in [6.45, 7) is 0. The van der Waals surface area contributed by atoms with E-state index in [-0.39, 0.29) is 53.4 Å². The van der Waals surface area contributed by atoms with Gasteiger partial charge in [-0.2, -0.15) is 0 Å². The van der Waals surface area contributed by atoms with E-state index in [2.05, 4.69) is 30.6 Å². The summed E-state index contributed by atoms with van der Waals surface area (Å²) >= 11 is 8.26. The third-order valence-electron chi connectivity index (χ3n) is 0. The van der Waals surface area contributed by atoms with Gasteiger partial charge < -0.3 is 30.6 Å².